The molecular formula is C35H46O6. The summed E-state index contributed by atoms with van der Waals surface area (Å²) in [5.74, 6) is 1.42. The molecule has 0 heterocycles. The lowest BCUT2D eigenvalue weighted by Gasteiger charge is -2.48. The molecule has 0 spiro atoms. The smallest absolute Gasteiger partial charge is 0.355 e. The lowest BCUT2D eigenvalue weighted by atomic mass is 9.56. The van der Waals surface area contributed by atoms with Gasteiger partial charge in [0.1, 0.15) is 11.5 Å². The Kier molecular flexibility index (Phi) is 9.78. The molecule has 4 unspecified atom stereocenters. The molecule has 0 aromatic heterocycles. The lowest BCUT2D eigenvalue weighted by molar-refractivity contribution is -0.156. The van der Waals surface area contributed by atoms with Gasteiger partial charge < -0.3 is 18.9 Å². The maximum Gasteiger partial charge on any atom is 0.355 e. The standard InChI is InChI=1S/C35H46O6/c1-11-34(10,32(37)39-24(4)5)41-30-18-14-28(15-19-30)35(21-20-33(8,9)25(6)22-35)27-12-16-29(17-13-27)40-31(36)26(7)38-23(2)3/h12-19,25-26H,2,4,11,20-22H2,1,3,5-10H3. The Labute approximate surface area is 245 Å². The number of ether oxygens (including phenoxy) is 4. The van der Waals surface area contributed by atoms with E-state index in [9.17, 15) is 9.59 Å². The first kappa shape index (κ1) is 32.0. The van der Waals surface area contributed by atoms with E-state index < -0.39 is 23.6 Å². The summed E-state index contributed by atoms with van der Waals surface area (Å²) in [5, 5.41) is 0. The Morgan fingerprint density at radius 3 is 1.95 bits per heavy atom. The van der Waals surface area contributed by atoms with Crippen LogP contribution in [-0.2, 0) is 24.5 Å². The monoisotopic (exact) mass is 562 g/mol. The van der Waals surface area contributed by atoms with Crippen molar-refractivity contribution in [3.05, 3.63) is 84.3 Å². The average molecular weight is 563 g/mol. The molecule has 0 radical (unpaired) electrons. The van der Waals surface area contributed by atoms with Gasteiger partial charge in [0.2, 0.25) is 5.60 Å². The molecule has 6 nitrogen and oxygen atoms in total. The fourth-order valence-electron chi connectivity index (χ4n) is 5.39. The molecule has 1 fully saturated rings. The van der Waals surface area contributed by atoms with Crippen molar-refractivity contribution in [1.29, 1.82) is 0 Å². The molecule has 2 aromatic rings. The first-order chi connectivity index (χ1) is 19.1. The molecular weight excluding hydrogens is 516 g/mol. The Morgan fingerprint density at radius 2 is 1.49 bits per heavy atom. The quantitative estimate of drug-likeness (QED) is 0.156. The number of allylic oxidation sites excluding steroid dienone is 2. The highest BCUT2D eigenvalue weighted by Crippen LogP contribution is 2.53. The van der Waals surface area contributed by atoms with E-state index in [1.54, 1.807) is 27.7 Å². The topological polar surface area (TPSA) is 71.1 Å². The molecule has 0 N–H and O–H groups in total. The third-order valence-electron chi connectivity index (χ3n) is 8.64. The molecule has 0 aliphatic heterocycles. The van der Waals surface area contributed by atoms with E-state index in [2.05, 4.69) is 58.2 Å². The Hall–Kier alpha value is -3.54. The largest absolute Gasteiger partial charge is 0.484 e. The molecule has 3 rings (SSSR count). The summed E-state index contributed by atoms with van der Waals surface area (Å²) in [5.41, 5.74) is 1.24. The van der Waals surface area contributed by atoms with Gasteiger partial charge >= 0.3 is 11.9 Å². The van der Waals surface area contributed by atoms with Gasteiger partial charge in [0, 0.05) is 5.41 Å². The van der Waals surface area contributed by atoms with Gasteiger partial charge in [0.05, 0.1) is 11.5 Å². The van der Waals surface area contributed by atoms with Gasteiger partial charge in [-0.3, -0.25) is 0 Å². The van der Waals surface area contributed by atoms with Crippen LogP contribution in [0.3, 0.4) is 0 Å². The van der Waals surface area contributed by atoms with Crippen molar-refractivity contribution in [2.75, 3.05) is 0 Å². The Morgan fingerprint density at radius 1 is 0.951 bits per heavy atom. The van der Waals surface area contributed by atoms with Crippen LogP contribution in [0, 0.1) is 11.3 Å². The molecule has 6 heteroatoms. The Bertz CT molecular complexity index is 1260. The predicted molar refractivity (Wildman–Crippen MR) is 162 cm³/mol. The number of hydrogen-bond acceptors (Lipinski definition) is 6. The van der Waals surface area contributed by atoms with Crippen LogP contribution in [0.2, 0.25) is 0 Å². The first-order valence-electron chi connectivity index (χ1n) is 14.4. The normalized spacial score (nSPS) is 22.0. The summed E-state index contributed by atoms with van der Waals surface area (Å²) in [7, 11) is 0. The van der Waals surface area contributed by atoms with Crippen molar-refractivity contribution in [3.8, 4) is 11.5 Å². The van der Waals surface area contributed by atoms with Gasteiger partial charge in [0.25, 0.3) is 0 Å². The maximum absolute atomic E-state index is 12.7. The van der Waals surface area contributed by atoms with Crippen molar-refractivity contribution >= 4 is 11.9 Å². The van der Waals surface area contributed by atoms with Crippen molar-refractivity contribution in [2.45, 2.75) is 98.2 Å². The van der Waals surface area contributed by atoms with Crippen molar-refractivity contribution in [2.24, 2.45) is 11.3 Å². The minimum Gasteiger partial charge on any atom is -0.484 e. The molecule has 0 amide bonds. The van der Waals surface area contributed by atoms with E-state index >= 15 is 0 Å². The summed E-state index contributed by atoms with van der Waals surface area (Å²) in [6.07, 6.45) is 2.73. The third-order valence-corrected chi connectivity index (χ3v) is 8.64. The van der Waals surface area contributed by atoms with E-state index in [1.807, 2.05) is 31.2 Å². The van der Waals surface area contributed by atoms with Crippen LogP contribution in [-0.4, -0.2) is 23.6 Å². The molecule has 0 bridgehead atoms. The lowest BCUT2D eigenvalue weighted by Crippen LogP contribution is -2.42. The fraction of sp³-hybridized carbons (Fsp3) is 0.486. The minimum absolute atomic E-state index is 0.223. The van der Waals surface area contributed by atoms with E-state index in [0.717, 1.165) is 19.3 Å². The second kappa shape index (κ2) is 12.5. The summed E-state index contributed by atoms with van der Waals surface area (Å²) < 4.78 is 22.4. The van der Waals surface area contributed by atoms with Gasteiger partial charge in [-0.25, -0.2) is 9.59 Å². The highest BCUT2D eigenvalue weighted by Gasteiger charge is 2.45. The van der Waals surface area contributed by atoms with E-state index in [-0.39, 0.29) is 10.8 Å². The number of esters is 2. The van der Waals surface area contributed by atoms with Gasteiger partial charge in [-0.1, -0.05) is 65.1 Å². The number of rotatable bonds is 11. The fourth-order valence-corrected chi connectivity index (χ4v) is 5.39. The predicted octanol–water partition coefficient (Wildman–Crippen LogP) is 8.29. The summed E-state index contributed by atoms with van der Waals surface area (Å²) in [6, 6.07) is 15.9. The van der Waals surface area contributed by atoms with Gasteiger partial charge in [-0.15, -0.1) is 0 Å². The summed E-state index contributed by atoms with van der Waals surface area (Å²) >= 11 is 0. The van der Waals surface area contributed by atoms with Gasteiger partial charge in [-0.2, -0.15) is 0 Å². The van der Waals surface area contributed by atoms with Crippen LogP contribution in [0.1, 0.15) is 92.2 Å². The van der Waals surface area contributed by atoms with Crippen LogP contribution in [0.25, 0.3) is 0 Å². The maximum atomic E-state index is 12.7. The second-order valence-corrected chi connectivity index (χ2v) is 12.4. The highest BCUT2D eigenvalue weighted by molar-refractivity contribution is 5.80. The van der Waals surface area contributed by atoms with Crippen molar-refractivity contribution in [1.82, 2.24) is 0 Å². The zero-order valence-electron chi connectivity index (χ0n) is 26.0. The average Bonchev–Trinajstić information content (AvgIpc) is 2.90. The SMILES string of the molecule is C=C(C)OC(=O)C(C)(CC)Oc1ccc(C2(c3ccc(OC(=O)C(C)OC(=C)C)cc3)CCC(C)(C)C(C)C2)cc1. The molecule has 4 atom stereocenters. The number of carbonyl (C=O) groups excluding carboxylic acids is 2. The zero-order valence-corrected chi connectivity index (χ0v) is 26.0. The van der Waals surface area contributed by atoms with Crippen LogP contribution >= 0.6 is 0 Å². The number of hydrogen-bond donors (Lipinski definition) is 0. The second-order valence-electron chi connectivity index (χ2n) is 12.4. The van der Waals surface area contributed by atoms with Crippen molar-refractivity contribution in [3.63, 3.8) is 0 Å². The van der Waals surface area contributed by atoms with Gasteiger partial charge in [-0.05, 0) is 100 Å². The van der Waals surface area contributed by atoms with E-state index in [1.165, 1.54) is 11.1 Å². The highest BCUT2D eigenvalue weighted by atomic mass is 16.6. The van der Waals surface area contributed by atoms with E-state index in [0.29, 0.717) is 35.4 Å². The van der Waals surface area contributed by atoms with E-state index in [4.69, 9.17) is 18.9 Å². The molecule has 1 aliphatic carbocycles. The van der Waals surface area contributed by atoms with Gasteiger partial charge in [0.15, 0.2) is 6.10 Å². The molecule has 0 saturated heterocycles. The molecule has 1 aliphatic rings. The number of carbonyl (C=O) groups is 2. The first-order valence-corrected chi connectivity index (χ1v) is 14.4. The minimum atomic E-state index is -1.12. The Balaban J connectivity index is 1.91. The summed E-state index contributed by atoms with van der Waals surface area (Å²) in [6.45, 7) is 23.0. The zero-order chi connectivity index (χ0) is 30.6. The summed E-state index contributed by atoms with van der Waals surface area (Å²) in [4.78, 5) is 25.1. The molecule has 2 aromatic carbocycles. The van der Waals surface area contributed by atoms with Crippen LogP contribution in [0.5, 0.6) is 11.5 Å². The third kappa shape index (κ3) is 7.41. The molecule has 222 valence electrons. The van der Waals surface area contributed by atoms with Crippen LogP contribution < -0.4 is 9.47 Å². The van der Waals surface area contributed by atoms with Crippen LogP contribution in [0.4, 0.5) is 0 Å². The molecule has 41 heavy (non-hydrogen) atoms. The number of benzene rings is 2. The molecule has 1 saturated carbocycles. The van der Waals surface area contributed by atoms with Crippen molar-refractivity contribution < 1.29 is 28.5 Å². The van der Waals surface area contributed by atoms with Crippen LogP contribution in [0.15, 0.2) is 73.2 Å².